The van der Waals surface area contributed by atoms with Crippen LogP contribution >= 0.6 is 12.4 Å². The monoisotopic (exact) mass is 522 g/mol. The van der Waals surface area contributed by atoms with E-state index in [1.807, 2.05) is 24.3 Å². The topological polar surface area (TPSA) is 32.3 Å². The number of alkyl halides is 6. The number of halogens is 7. The Labute approximate surface area is 207 Å². The molecule has 1 heterocycles. The van der Waals surface area contributed by atoms with Crippen molar-refractivity contribution in [2.24, 2.45) is 5.92 Å². The molecular weight excluding hydrogens is 494 g/mol. The van der Waals surface area contributed by atoms with E-state index in [4.69, 9.17) is 0 Å². The second kappa shape index (κ2) is 11.2. The highest BCUT2D eigenvalue weighted by Crippen LogP contribution is 2.38. The van der Waals surface area contributed by atoms with E-state index in [1.54, 1.807) is 0 Å². The Morgan fingerprint density at radius 3 is 2.14 bits per heavy atom. The smallest absolute Gasteiger partial charge is 0.341 e. The lowest BCUT2D eigenvalue weighted by molar-refractivity contribution is -0.143. The highest BCUT2D eigenvalue weighted by molar-refractivity contribution is 5.85. The maximum absolute atomic E-state index is 13.4. The predicted molar refractivity (Wildman–Crippen MR) is 124 cm³/mol. The first-order valence-corrected chi connectivity index (χ1v) is 11.1. The van der Waals surface area contributed by atoms with Crippen LogP contribution in [-0.4, -0.2) is 30.9 Å². The van der Waals surface area contributed by atoms with E-state index < -0.39 is 29.4 Å². The Bertz CT molecular complexity index is 989. The van der Waals surface area contributed by atoms with Gasteiger partial charge in [0.15, 0.2) is 0 Å². The summed E-state index contributed by atoms with van der Waals surface area (Å²) in [6.07, 6.45) is -9.34. The molecule has 10 heteroatoms. The number of nitrogens with one attached hydrogen (secondary N) is 1. The molecule has 2 atom stereocenters. The Balaban J connectivity index is 0.00000432. The van der Waals surface area contributed by atoms with Crippen molar-refractivity contribution in [1.82, 2.24) is 10.2 Å². The SMILES string of the molecule is CC(C)c1ccccc1C1CNCCC1C(=O)N(C)Cc1cc(C(F)(F)F)cc(C(F)(F)F)c1.Cl. The van der Waals surface area contributed by atoms with Crippen molar-refractivity contribution in [2.75, 3.05) is 20.1 Å². The van der Waals surface area contributed by atoms with Crippen molar-refractivity contribution in [3.05, 3.63) is 70.3 Å². The van der Waals surface area contributed by atoms with E-state index in [0.717, 1.165) is 11.1 Å². The zero-order valence-electron chi connectivity index (χ0n) is 19.6. The summed E-state index contributed by atoms with van der Waals surface area (Å²) in [5.74, 6) is -0.637. The summed E-state index contributed by atoms with van der Waals surface area (Å²) in [6, 6.07) is 9.28. The third kappa shape index (κ3) is 6.91. The van der Waals surface area contributed by atoms with E-state index in [9.17, 15) is 31.1 Å². The summed E-state index contributed by atoms with van der Waals surface area (Å²) >= 11 is 0. The first-order valence-electron chi connectivity index (χ1n) is 11.1. The Morgan fingerprint density at radius 1 is 1.03 bits per heavy atom. The van der Waals surface area contributed by atoms with Crippen molar-refractivity contribution in [1.29, 1.82) is 0 Å². The maximum atomic E-state index is 13.4. The van der Waals surface area contributed by atoms with Gasteiger partial charge in [-0.2, -0.15) is 26.3 Å². The molecule has 1 fully saturated rings. The number of carbonyl (C=O) groups excluding carboxylic acids is 1. The molecule has 0 radical (unpaired) electrons. The molecule has 194 valence electrons. The molecule has 3 nitrogen and oxygen atoms in total. The molecule has 2 unspecified atom stereocenters. The average Bonchev–Trinajstić information content (AvgIpc) is 2.77. The Kier molecular flexibility index (Phi) is 9.27. The van der Waals surface area contributed by atoms with Crippen molar-refractivity contribution in [2.45, 2.75) is 51.0 Å². The number of rotatable bonds is 5. The van der Waals surface area contributed by atoms with Gasteiger partial charge in [0.2, 0.25) is 5.91 Å². The van der Waals surface area contributed by atoms with Gasteiger partial charge in [-0.25, -0.2) is 0 Å². The number of hydrogen-bond donors (Lipinski definition) is 1. The number of hydrogen-bond acceptors (Lipinski definition) is 2. The second-order valence-electron chi connectivity index (χ2n) is 9.10. The predicted octanol–water partition coefficient (Wildman–Crippen LogP) is 6.62. The average molecular weight is 523 g/mol. The van der Waals surface area contributed by atoms with Crippen LogP contribution in [0.5, 0.6) is 0 Å². The highest BCUT2D eigenvalue weighted by atomic mass is 35.5. The van der Waals surface area contributed by atoms with E-state index in [2.05, 4.69) is 19.2 Å². The van der Waals surface area contributed by atoms with E-state index >= 15 is 0 Å². The van der Waals surface area contributed by atoms with Crippen LogP contribution < -0.4 is 5.32 Å². The minimum atomic E-state index is -4.93. The van der Waals surface area contributed by atoms with E-state index in [1.165, 1.54) is 11.9 Å². The molecule has 1 saturated heterocycles. The van der Waals surface area contributed by atoms with Crippen molar-refractivity contribution in [3.63, 3.8) is 0 Å². The first kappa shape index (κ1) is 29.0. The molecule has 1 amide bonds. The zero-order chi connectivity index (χ0) is 25.3. The van der Waals surface area contributed by atoms with Crippen LogP contribution in [0.1, 0.15) is 59.9 Å². The van der Waals surface area contributed by atoms with Crippen molar-refractivity contribution in [3.8, 4) is 0 Å². The molecule has 1 aliphatic rings. The van der Waals surface area contributed by atoms with Gasteiger partial charge >= 0.3 is 12.4 Å². The zero-order valence-corrected chi connectivity index (χ0v) is 20.4. The van der Waals surface area contributed by atoms with Crippen LogP contribution in [0.15, 0.2) is 42.5 Å². The number of benzene rings is 2. The Hall–Kier alpha value is -2.26. The molecule has 0 aliphatic carbocycles. The summed E-state index contributed by atoms with van der Waals surface area (Å²) in [5.41, 5.74) is -0.835. The van der Waals surface area contributed by atoms with Gasteiger partial charge in [-0.05, 0) is 53.8 Å². The summed E-state index contributed by atoms with van der Waals surface area (Å²) in [5, 5.41) is 3.30. The second-order valence-corrected chi connectivity index (χ2v) is 9.10. The molecular formula is C25H29ClF6N2O. The van der Waals surface area contributed by atoms with Gasteiger partial charge in [0.1, 0.15) is 0 Å². The lowest BCUT2D eigenvalue weighted by atomic mass is 9.77. The number of amides is 1. The minimum absolute atomic E-state index is 0. The molecule has 0 spiro atoms. The molecule has 35 heavy (non-hydrogen) atoms. The number of nitrogens with zero attached hydrogens (tertiary/aromatic N) is 1. The molecule has 0 aromatic heterocycles. The molecule has 1 aliphatic heterocycles. The van der Waals surface area contributed by atoms with Gasteiger partial charge in [0, 0.05) is 32.0 Å². The van der Waals surface area contributed by atoms with Crippen molar-refractivity contribution >= 4 is 18.3 Å². The highest BCUT2D eigenvalue weighted by Gasteiger charge is 2.38. The molecule has 2 aromatic rings. The van der Waals surface area contributed by atoms with Crippen LogP contribution in [0, 0.1) is 5.92 Å². The quantitative estimate of drug-likeness (QED) is 0.448. The minimum Gasteiger partial charge on any atom is -0.341 e. The van der Waals surface area contributed by atoms with Gasteiger partial charge in [-0.15, -0.1) is 12.4 Å². The summed E-state index contributed by atoms with van der Waals surface area (Å²) in [6.45, 7) is 4.93. The fourth-order valence-electron chi connectivity index (χ4n) is 4.60. The summed E-state index contributed by atoms with van der Waals surface area (Å²) < 4.78 is 79.3. The molecule has 0 bridgehead atoms. The number of carbonyl (C=O) groups is 1. The van der Waals surface area contributed by atoms with Gasteiger partial charge in [0.25, 0.3) is 0 Å². The largest absolute Gasteiger partial charge is 0.416 e. The fourth-order valence-corrected chi connectivity index (χ4v) is 4.60. The lowest BCUT2D eigenvalue weighted by Crippen LogP contribution is -2.44. The molecule has 3 rings (SSSR count). The summed E-state index contributed by atoms with van der Waals surface area (Å²) in [4.78, 5) is 14.6. The van der Waals surface area contributed by atoms with E-state index in [0.29, 0.717) is 31.6 Å². The molecule has 2 aromatic carbocycles. The Morgan fingerprint density at radius 2 is 1.60 bits per heavy atom. The van der Waals surface area contributed by atoms with Gasteiger partial charge < -0.3 is 10.2 Å². The first-order chi connectivity index (χ1) is 15.8. The normalized spacial score (nSPS) is 18.8. The van der Waals surface area contributed by atoms with Crippen LogP contribution in [0.4, 0.5) is 26.3 Å². The van der Waals surface area contributed by atoms with Crippen LogP contribution in [0.25, 0.3) is 0 Å². The van der Waals surface area contributed by atoms with Gasteiger partial charge in [-0.3, -0.25) is 4.79 Å². The van der Waals surface area contributed by atoms with Crippen LogP contribution in [-0.2, 0) is 23.7 Å². The van der Waals surface area contributed by atoms with Crippen molar-refractivity contribution < 1.29 is 31.1 Å². The summed E-state index contributed by atoms with van der Waals surface area (Å²) in [7, 11) is 1.42. The standard InChI is InChI=1S/C25H28F6N2O.ClH/c1-15(2)19-6-4-5-7-20(19)22-13-32-9-8-21(22)23(34)33(3)14-16-10-17(24(26,27)28)12-18(11-16)25(29,30)31;/h4-7,10-12,15,21-22,32H,8-9,13-14H2,1-3H3;1H. The third-order valence-electron chi connectivity index (χ3n) is 6.26. The maximum Gasteiger partial charge on any atom is 0.416 e. The number of piperidine rings is 1. The van der Waals surface area contributed by atoms with Gasteiger partial charge in [0.05, 0.1) is 11.1 Å². The van der Waals surface area contributed by atoms with E-state index in [-0.39, 0.29) is 48.3 Å². The molecule has 1 N–H and O–H groups in total. The van der Waals surface area contributed by atoms with Crippen LogP contribution in [0.2, 0.25) is 0 Å². The molecule has 0 saturated carbocycles. The third-order valence-corrected chi connectivity index (χ3v) is 6.26. The fraction of sp³-hybridized carbons (Fsp3) is 0.480. The van der Waals surface area contributed by atoms with Crippen LogP contribution in [0.3, 0.4) is 0 Å². The van der Waals surface area contributed by atoms with Gasteiger partial charge in [-0.1, -0.05) is 38.1 Å². The lowest BCUT2D eigenvalue weighted by Gasteiger charge is -2.35.